The van der Waals surface area contributed by atoms with Crippen LogP contribution >= 0.6 is 0 Å². The highest BCUT2D eigenvalue weighted by molar-refractivity contribution is 5.89. The highest BCUT2D eigenvalue weighted by Gasteiger charge is 2.21. The predicted molar refractivity (Wildman–Crippen MR) is 123 cm³/mol. The van der Waals surface area contributed by atoms with Crippen molar-refractivity contribution in [3.8, 4) is 11.5 Å². The Balaban J connectivity index is 1.16. The molecule has 10 nitrogen and oxygen atoms in total. The van der Waals surface area contributed by atoms with E-state index in [0.717, 1.165) is 49.5 Å². The Kier molecular flexibility index (Phi) is 6.09. The molecule has 5 rings (SSSR count). The number of aromatic nitrogens is 1. The normalized spacial score (nSPS) is 20.1. The van der Waals surface area contributed by atoms with Gasteiger partial charge in [-0.2, -0.15) is 0 Å². The molecule has 4 amide bonds. The summed E-state index contributed by atoms with van der Waals surface area (Å²) >= 11 is 0. The van der Waals surface area contributed by atoms with E-state index in [1.807, 2.05) is 42.5 Å². The number of allylic oxidation sites excluding steroid dienone is 3. The van der Waals surface area contributed by atoms with Crippen molar-refractivity contribution in [1.82, 2.24) is 31.2 Å². The molecule has 2 aliphatic heterocycles. The van der Waals surface area contributed by atoms with Crippen molar-refractivity contribution < 1.29 is 14.0 Å². The first-order valence-corrected chi connectivity index (χ1v) is 11.2. The molecule has 1 atom stereocenters. The molecule has 2 aromatic rings. The summed E-state index contributed by atoms with van der Waals surface area (Å²) in [6, 6.07) is 7.11. The van der Waals surface area contributed by atoms with Crippen LogP contribution in [0.2, 0.25) is 0 Å². The predicted octanol–water partition coefficient (Wildman–Crippen LogP) is 2.93. The van der Waals surface area contributed by atoms with E-state index in [1.54, 1.807) is 16.2 Å². The number of rotatable bonds is 4. The Hall–Kier alpha value is -3.63. The van der Waals surface area contributed by atoms with Crippen LogP contribution in [0.1, 0.15) is 30.9 Å². The van der Waals surface area contributed by atoms with E-state index in [1.165, 1.54) is 0 Å². The maximum atomic E-state index is 12.2. The van der Waals surface area contributed by atoms with Crippen molar-refractivity contribution >= 4 is 17.7 Å². The lowest BCUT2D eigenvalue weighted by Gasteiger charge is -2.19. The molecule has 2 fully saturated rings. The summed E-state index contributed by atoms with van der Waals surface area (Å²) in [7, 11) is 0. The maximum absolute atomic E-state index is 12.2. The van der Waals surface area contributed by atoms with E-state index in [2.05, 4.69) is 26.5 Å². The lowest BCUT2D eigenvalue weighted by atomic mass is 9.97. The average molecular weight is 450 g/mol. The van der Waals surface area contributed by atoms with Crippen LogP contribution in [-0.2, 0) is 0 Å². The topological polar surface area (TPSA) is 115 Å². The van der Waals surface area contributed by atoms with E-state index in [4.69, 9.17) is 4.42 Å². The van der Waals surface area contributed by atoms with Gasteiger partial charge in [0.15, 0.2) is 0 Å². The number of hydrazine groups is 2. The maximum Gasteiger partial charge on any atom is 0.336 e. The summed E-state index contributed by atoms with van der Waals surface area (Å²) < 4.78 is 6.01. The number of anilines is 1. The van der Waals surface area contributed by atoms with E-state index < -0.39 is 0 Å². The van der Waals surface area contributed by atoms with Crippen LogP contribution in [0.4, 0.5) is 15.3 Å². The van der Waals surface area contributed by atoms with Gasteiger partial charge in [-0.05, 0) is 49.6 Å². The average Bonchev–Trinajstić information content (AvgIpc) is 3.63. The zero-order valence-corrected chi connectivity index (χ0v) is 18.2. The second kappa shape index (κ2) is 9.47. The van der Waals surface area contributed by atoms with Gasteiger partial charge in [0.1, 0.15) is 5.76 Å². The van der Waals surface area contributed by atoms with Crippen LogP contribution < -0.4 is 21.5 Å². The zero-order valence-electron chi connectivity index (χ0n) is 18.2. The molecule has 4 N–H and O–H groups in total. The van der Waals surface area contributed by atoms with E-state index in [-0.39, 0.29) is 18.0 Å². The molecular formula is C23H27N7O3. The highest BCUT2D eigenvalue weighted by Crippen LogP contribution is 2.30. The standard InChI is InChI=1S/C23H27N7O3/c31-22(29-13-1-11-25-29)27-18-7-3-16(4-8-18)20-15-24-21(33-20)17-5-9-19(10-6-17)28-23(32)30-14-2-12-26-30/h3,5-10,15-16,25-26H,1-2,4,11-14H2,(H,27,31)(H,28,32). The van der Waals surface area contributed by atoms with Crippen LogP contribution in [0.3, 0.4) is 0 Å². The van der Waals surface area contributed by atoms with Gasteiger partial charge >= 0.3 is 12.1 Å². The van der Waals surface area contributed by atoms with Gasteiger partial charge in [-0.15, -0.1) is 0 Å². The minimum absolute atomic E-state index is 0.0586. The van der Waals surface area contributed by atoms with Crippen molar-refractivity contribution in [1.29, 1.82) is 0 Å². The number of amides is 4. The third-order valence-corrected chi connectivity index (χ3v) is 5.84. The Morgan fingerprint density at radius 1 is 1.00 bits per heavy atom. The molecule has 0 spiro atoms. The van der Waals surface area contributed by atoms with Gasteiger partial charge in [-0.1, -0.05) is 12.2 Å². The molecule has 3 aliphatic rings. The minimum Gasteiger partial charge on any atom is -0.441 e. The van der Waals surface area contributed by atoms with Crippen LogP contribution in [0.25, 0.3) is 11.5 Å². The van der Waals surface area contributed by atoms with Crippen molar-refractivity contribution in [2.75, 3.05) is 31.5 Å². The summed E-state index contributed by atoms with van der Waals surface area (Å²) in [4.78, 5) is 28.8. The number of nitrogens with zero attached hydrogens (tertiary/aromatic N) is 3. The molecule has 10 heteroatoms. The number of nitrogens with one attached hydrogen (secondary N) is 4. The minimum atomic E-state index is -0.164. The number of hydrogen-bond acceptors (Lipinski definition) is 6. The first-order valence-electron chi connectivity index (χ1n) is 11.2. The Labute approximate surface area is 191 Å². The smallest absolute Gasteiger partial charge is 0.336 e. The van der Waals surface area contributed by atoms with E-state index in [0.29, 0.717) is 24.5 Å². The molecule has 2 saturated heterocycles. The third kappa shape index (κ3) is 4.91. The first kappa shape index (κ1) is 21.2. The second-order valence-corrected chi connectivity index (χ2v) is 8.19. The van der Waals surface area contributed by atoms with Crippen LogP contribution in [-0.4, -0.2) is 53.2 Å². The summed E-state index contributed by atoms with van der Waals surface area (Å²) in [5.41, 5.74) is 8.41. The molecule has 172 valence electrons. The fourth-order valence-electron chi connectivity index (χ4n) is 4.00. The van der Waals surface area contributed by atoms with E-state index >= 15 is 0 Å². The second-order valence-electron chi connectivity index (χ2n) is 8.19. The number of urea groups is 2. The number of carbonyl (C=O) groups excluding carboxylic acids is 2. The summed E-state index contributed by atoms with van der Waals surface area (Å²) in [6.45, 7) is 3.06. The quantitative estimate of drug-likeness (QED) is 0.571. The summed E-state index contributed by atoms with van der Waals surface area (Å²) in [6.07, 6.45) is 10.3. The Morgan fingerprint density at radius 2 is 1.70 bits per heavy atom. The van der Waals surface area contributed by atoms with Crippen LogP contribution in [0.15, 0.2) is 58.8 Å². The lowest BCUT2D eigenvalue weighted by molar-refractivity contribution is 0.194. The third-order valence-electron chi connectivity index (χ3n) is 5.84. The molecule has 0 saturated carbocycles. The fourth-order valence-corrected chi connectivity index (χ4v) is 4.00. The number of oxazole rings is 1. The summed E-state index contributed by atoms with van der Waals surface area (Å²) in [5.74, 6) is 1.35. The SMILES string of the molecule is O=C(NC1=CCC(c2cnc(-c3ccc(NC(=O)N4CCCN4)cc3)o2)C=C1)N1CCCN1. The van der Waals surface area contributed by atoms with Gasteiger partial charge < -0.3 is 15.1 Å². The molecule has 1 aliphatic carbocycles. The molecule has 33 heavy (non-hydrogen) atoms. The molecule has 1 aromatic heterocycles. The van der Waals surface area contributed by atoms with Crippen LogP contribution in [0, 0.1) is 0 Å². The molecule has 0 bridgehead atoms. The number of carbonyl (C=O) groups is 2. The van der Waals surface area contributed by atoms with Gasteiger partial charge in [0, 0.05) is 49.0 Å². The number of hydrogen-bond donors (Lipinski definition) is 4. The van der Waals surface area contributed by atoms with Crippen molar-refractivity contribution in [3.05, 3.63) is 60.1 Å². The van der Waals surface area contributed by atoms with Gasteiger partial charge in [0.25, 0.3) is 0 Å². The van der Waals surface area contributed by atoms with Crippen LogP contribution in [0.5, 0.6) is 0 Å². The zero-order chi connectivity index (χ0) is 22.6. The first-order chi connectivity index (χ1) is 16.2. The van der Waals surface area contributed by atoms with Crippen molar-refractivity contribution in [3.63, 3.8) is 0 Å². The summed E-state index contributed by atoms with van der Waals surface area (Å²) in [5, 5.41) is 8.98. The van der Waals surface area contributed by atoms with E-state index in [9.17, 15) is 9.59 Å². The van der Waals surface area contributed by atoms with Crippen molar-refractivity contribution in [2.45, 2.75) is 25.2 Å². The molecule has 1 unspecified atom stereocenters. The van der Waals surface area contributed by atoms with Gasteiger partial charge in [0.2, 0.25) is 5.89 Å². The molecule has 1 aromatic carbocycles. The Bertz CT molecular complexity index is 1060. The highest BCUT2D eigenvalue weighted by atomic mass is 16.4. The Morgan fingerprint density at radius 3 is 2.30 bits per heavy atom. The fraction of sp³-hybridized carbons (Fsp3) is 0.348. The molecule has 3 heterocycles. The van der Waals surface area contributed by atoms with Gasteiger partial charge in [0.05, 0.1) is 6.20 Å². The number of benzene rings is 1. The van der Waals surface area contributed by atoms with Gasteiger partial charge in [-0.3, -0.25) is 10.0 Å². The lowest BCUT2D eigenvalue weighted by Crippen LogP contribution is -2.43. The largest absolute Gasteiger partial charge is 0.441 e. The van der Waals surface area contributed by atoms with Crippen molar-refractivity contribution in [2.24, 2.45) is 0 Å². The van der Waals surface area contributed by atoms with Gasteiger partial charge in [-0.25, -0.2) is 25.4 Å². The monoisotopic (exact) mass is 449 g/mol. The molecular weight excluding hydrogens is 422 g/mol. The molecule has 0 radical (unpaired) electrons.